The fraction of sp³-hybridized carbons (Fsp3) is 0.364. The van der Waals surface area contributed by atoms with E-state index in [1.54, 1.807) is 31.5 Å². The zero-order valence-corrected chi connectivity index (χ0v) is 9.27. The second kappa shape index (κ2) is 5.85. The van der Waals surface area contributed by atoms with Crippen molar-refractivity contribution in [2.75, 3.05) is 7.11 Å². The number of carbonyl (C=O) groups excluding carboxylic acids is 2. The largest absolute Gasteiger partial charge is 0.469 e. The van der Waals surface area contributed by atoms with Gasteiger partial charge >= 0.3 is 5.97 Å². The predicted molar refractivity (Wildman–Crippen MR) is 57.8 cm³/mol. The van der Waals surface area contributed by atoms with Gasteiger partial charge in [-0.1, -0.05) is 0 Å². The molecule has 0 saturated carbocycles. The fourth-order valence-corrected chi connectivity index (χ4v) is 1.19. The molecular weight excluding hydrogens is 208 g/mol. The van der Waals surface area contributed by atoms with Crippen LogP contribution in [0.15, 0.2) is 24.5 Å². The average molecular weight is 222 g/mol. The molecule has 1 atom stereocenters. The summed E-state index contributed by atoms with van der Waals surface area (Å²) in [4.78, 5) is 26.4. The molecule has 0 bridgehead atoms. The molecule has 86 valence electrons. The Kier molecular flexibility index (Phi) is 4.44. The van der Waals surface area contributed by atoms with Gasteiger partial charge in [-0.2, -0.15) is 0 Å². The Morgan fingerprint density at radius 2 is 2.06 bits per heavy atom. The molecule has 1 aromatic heterocycles. The standard InChI is InChI=1S/C11H14N2O3/c1-8(7-10(14)16-2)13-11(15)9-3-5-12-6-4-9/h3-6,8H,7H2,1-2H3,(H,13,15). The summed E-state index contributed by atoms with van der Waals surface area (Å²) in [6.07, 6.45) is 3.24. The minimum Gasteiger partial charge on any atom is -0.469 e. The summed E-state index contributed by atoms with van der Waals surface area (Å²) < 4.78 is 4.51. The summed E-state index contributed by atoms with van der Waals surface area (Å²) in [5.74, 6) is -0.568. The van der Waals surface area contributed by atoms with E-state index in [1.165, 1.54) is 7.11 Å². The number of esters is 1. The first kappa shape index (κ1) is 12.2. The van der Waals surface area contributed by atoms with Crippen molar-refractivity contribution < 1.29 is 14.3 Å². The predicted octanol–water partition coefficient (Wildman–Crippen LogP) is 0.763. The zero-order valence-electron chi connectivity index (χ0n) is 9.27. The van der Waals surface area contributed by atoms with Crippen LogP contribution >= 0.6 is 0 Å². The van der Waals surface area contributed by atoms with Crippen molar-refractivity contribution in [1.29, 1.82) is 0 Å². The van der Waals surface area contributed by atoms with E-state index in [-0.39, 0.29) is 24.3 Å². The molecule has 0 spiro atoms. The first-order valence-corrected chi connectivity index (χ1v) is 4.91. The van der Waals surface area contributed by atoms with Crippen molar-refractivity contribution in [2.24, 2.45) is 0 Å². The lowest BCUT2D eigenvalue weighted by Crippen LogP contribution is -2.34. The molecule has 0 aliphatic carbocycles. The van der Waals surface area contributed by atoms with Gasteiger partial charge in [-0.05, 0) is 19.1 Å². The monoisotopic (exact) mass is 222 g/mol. The second-order valence-corrected chi connectivity index (χ2v) is 3.39. The Bertz CT molecular complexity index is 365. The molecule has 0 radical (unpaired) electrons. The molecule has 1 heterocycles. The van der Waals surface area contributed by atoms with E-state index >= 15 is 0 Å². The van der Waals surface area contributed by atoms with Crippen LogP contribution in [-0.4, -0.2) is 30.0 Å². The Hall–Kier alpha value is -1.91. The van der Waals surface area contributed by atoms with Crippen LogP contribution in [0.3, 0.4) is 0 Å². The zero-order chi connectivity index (χ0) is 12.0. The number of hydrogen-bond donors (Lipinski definition) is 1. The van der Waals surface area contributed by atoms with Crippen molar-refractivity contribution in [1.82, 2.24) is 10.3 Å². The molecule has 5 nitrogen and oxygen atoms in total. The lowest BCUT2D eigenvalue weighted by Gasteiger charge is -2.12. The van der Waals surface area contributed by atoms with Crippen LogP contribution in [0.4, 0.5) is 0 Å². The quantitative estimate of drug-likeness (QED) is 0.764. The van der Waals surface area contributed by atoms with Gasteiger partial charge in [0.1, 0.15) is 0 Å². The molecule has 0 aliphatic rings. The molecule has 0 saturated heterocycles. The normalized spacial score (nSPS) is 11.6. The number of rotatable bonds is 4. The summed E-state index contributed by atoms with van der Waals surface area (Å²) in [7, 11) is 1.32. The van der Waals surface area contributed by atoms with Gasteiger partial charge in [0, 0.05) is 24.0 Å². The van der Waals surface area contributed by atoms with E-state index in [0.717, 1.165) is 0 Å². The van der Waals surface area contributed by atoms with Crippen LogP contribution in [0.2, 0.25) is 0 Å². The first-order valence-electron chi connectivity index (χ1n) is 4.91. The third-order valence-electron chi connectivity index (χ3n) is 2.02. The number of carbonyl (C=O) groups is 2. The van der Waals surface area contributed by atoms with Gasteiger partial charge in [-0.25, -0.2) is 0 Å². The van der Waals surface area contributed by atoms with Crippen molar-refractivity contribution in [3.63, 3.8) is 0 Å². The van der Waals surface area contributed by atoms with E-state index in [1.807, 2.05) is 0 Å². The molecule has 0 aliphatic heterocycles. The van der Waals surface area contributed by atoms with Crippen LogP contribution in [0.5, 0.6) is 0 Å². The smallest absolute Gasteiger partial charge is 0.307 e. The van der Waals surface area contributed by atoms with Crippen molar-refractivity contribution in [3.8, 4) is 0 Å². The maximum absolute atomic E-state index is 11.6. The van der Waals surface area contributed by atoms with Crippen molar-refractivity contribution in [2.45, 2.75) is 19.4 Å². The molecule has 1 aromatic rings. The highest BCUT2D eigenvalue weighted by Gasteiger charge is 2.12. The lowest BCUT2D eigenvalue weighted by atomic mass is 10.2. The SMILES string of the molecule is COC(=O)CC(C)NC(=O)c1ccncc1. The number of nitrogens with zero attached hydrogens (tertiary/aromatic N) is 1. The maximum atomic E-state index is 11.6. The van der Waals surface area contributed by atoms with Gasteiger partial charge in [-0.3, -0.25) is 14.6 Å². The summed E-state index contributed by atoms with van der Waals surface area (Å²) in [6.45, 7) is 1.75. The highest BCUT2D eigenvalue weighted by Crippen LogP contribution is 1.99. The van der Waals surface area contributed by atoms with Gasteiger partial charge in [0.25, 0.3) is 5.91 Å². The summed E-state index contributed by atoms with van der Waals surface area (Å²) in [5.41, 5.74) is 0.520. The molecule has 1 N–H and O–H groups in total. The third-order valence-corrected chi connectivity index (χ3v) is 2.02. The van der Waals surface area contributed by atoms with Gasteiger partial charge < -0.3 is 10.1 Å². The van der Waals surface area contributed by atoms with Gasteiger partial charge in [0.05, 0.1) is 13.5 Å². The number of amides is 1. The highest BCUT2D eigenvalue weighted by atomic mass is 16.5. The van der Waals surface area contributed by atoms with Gasteiger partial charge in [0.2, 0.25) is 0 Å². The van der Waals surface area contributed by atoms with E-state index in [9.17, 15) is 9.59 Å². The molecule has 0 aromatic carbocycles. The topological polar surface area (TPSA) is 68.3 Å². The fourth-order valence-electron chi connectivity index (χ4n) is 1.19. The summed E-state index contributed by atoms with van der Waals surface area (Å²) >= 11 is 0. The van der Waals surface area contributed by atoms with Gasteiger partial charge in [-0.15, -0.1) is 0 Å². The highest BCUT2D eigenvalue weighted by molar-refractivity contribution is 5.94. The molecule has 16 heavy (non-hydrogen) atoms. The lowest BCUT2D eigenvalue weighted by molar-refractivity contribution is -0.141. The average Bonchev–Trinajstić information content (AvgIpc) is 2.29. The molecule has 5 heteroatoms. The molecule has 0 fully saturated rings. The Morgan fingerprint density at radius 1 is 1.44 bits per heavy atom. The van der Waals surface area contributed by atoms with Crippen LogP contribution in [-0.2, 0) is 9.53 Å². The Morgan fingerprint density at radius 3 is 2.62 bits per heavy atom. The minimum atomic E-state index is -0.345. The van der Waals surface area contributed by atoms with Crippen molar-refractivity contribution in [3.05, 3.63) is 30.1 Å². The van der Waals surface area contributed by atoms with Crippen LogP contribution in [0.25, 0.3) is 0 Å². The third kappa shape index (κ3) is 3.68. The van der Waals surface area contributed by atoms with Crippen LogP contribution < -0.4 is 5.32 Å². The number of hydrogen-bond acceptors (Lipinski definition) is 4. The molecule has 1 rings (SSSR count). The van der Waals surface area contributed by atoms with Gasteiger partial charge in [0.15, 0.2) is 0 Å². The molecular formula is C11H14N2O3. The van der Waals surface area contributed by atoms with E-state index < -0.39 is 0 Å². The number of nitrogens with one attached hydrogen (secondary N) is 1. The number of ether oxygens (including phenoxy) is 1. The van der Waals surface area contributed by atoms with Crippen LogP contribution in [0, 0.1) is 0 Å². The maximum Gasteiger partial charge on any atom is 0.307 e. The Balaban J connectivity index is 2.49. The number of methoxy groups -OCH3 is 1. The number of pyridine rings is 1. The second-order valence-electron chi connectivity index (χ2n) is 3.39. The van der Waals surface area contributed by atoms with E-state index in [0.29, 0.717) is 5.56 Å². The first-order chi connectivity index (χ1) is 7.63. The Labute approximate surface area is 93.8 Å². The van der Waals surface area contributed by atoms with E-state index in [4.69, 9.17) is 0 Å². The summed E-state index contributed by atoms with van der Waals surface area (Å²) in [6, 6.07) is 2.97. The van der Waals surface area contributed by atoms with E-state index in [2.05, 4.69) is 15.0 Å². The summed E-state index contributed by atoms with van der Waals surface area (Å²) in [5, 5.41) is 2.69. The minimum absolute atomic E-state index is 0.160. The van der Waals surface area contributed by atoms with Crippen LogP contribution in [0.1, 0.15) is 23.7 Å². The van der Waals surface area contributed by atoms with Crippen molar-refractivity contribution >= 4 is 11.9 Å². The molecule has 1 amide bonds. The number of aromatic nitrogens is 1. The molecule has 1 unspecified atom stereocenters.